The summed E-state index contributed by atoms with van der Waals surface area (Å²) in [6.45, 7) is 1.63. The van der Waals surface area contributed by atoms with E-state index in [0.29, 0.717) is 0 Å². The fraction of sp³-hybridized carbons (Fsp3) is 0.231. The second kappa shape index (κ2) is 6.56. The molecule has 0 aliphatic rings. The van der Waals surface area contributed by atoms with Gasteiger partial charge in [-0.25, -0.2) is 4.79 Å². The zero-order valence-electron chi connectivity index (χ0n) is 9.96. The van der Waals surface area contributed by atoms with Crippen molar-refractivity contribution >= 4 is 18.0 Å². The standard InChI is InChI=1S/C13H15NO4/c1-9-3-2-4-10(7-9)5-6-12(16)14-8-11(15)13(17)18/h2-7,11,15H,8H2,1H3,(H,14,16)(H,17,18)/b6-5+/t11-/m0/s1. The maximum atomic E-state index is 11.3. The van der Waals surface area contributed by atoms with Gasteiger partial charge in [0.25, 0.3) is 0 Å². The molecule has 0 aromatic heterocycles. The molecule has 1 aromatic carbocycles. The molecule has 1 rings (SSSR count). The van der Waals surface area contributed by atoms with Gasteiger partial charge in [-0.3, -0.25) is 4.79 Å². The number of carbonyl (C=O) groups excluding carboxylic acids is 1. The third kappa shape index (κ3) is 4.80. The first kappa shape index (κ1) is 13.9. The minimum absolute atomic E-state index is 0.313. The molecule has 1 amide bonds. The Morgan fingerprint density at radius 2 is 2.17 bits per heavy atom. The molecular weight excluding hydrogens is 234 g/mol. The van der Waals surface area contributed by atoms with Gasteiger partial charge in [0.15, 0.2) is 6.10 Å². The van der Waals surface area contributed by atoms with Crippen LogP contribution in [-0.4, -0.2) is 34.7 Å². The Kier molecular flexibility index (Phi) is 5.07. The monoisotopic (exact) mass is 249 g/mol. The number of aryl methyl sites for hydroxylation is 1. The lowest BCUT2D eigenvalue weighted by molar-refractivity contribution is -0.146. The zero-order chi connectivity index (χ0) is 13.5. The van der Waals surface area contributed by atoms with E-state index in [4.69, 9.17) is 10.2 Å². The Morgan fingerprint density at radius 3 is 2.78 bits per heavy atom. The summed E-state index contributed by atoms with van der Waals surface area (Å²) < 4.78 is 0. The van der Waals surface area contributed by atoms with Crippen molar-refractivity contribution < 1.29 is 19.8 Å². The topological polar surface area (TPSA) is 86.6 Å². The van der Waals surface area contributed by atoms with Crippen LogP contribution in [0.25, 0.3) is 6.08 Å². The van der Waals surface area contributed by atoms with E-state index in [9.17, 15) is 9.59 Å². The van der Waals surface area contributed by atoms with Gasteiger partial charge < -0.3 is 15.5 Å². The quantitative estimate of drug-likeness (QED) is 0.666. The van der Waals surface area contributed by atoms with Crippen LogP contribution in [-0.2, 0) is 9.59 Å². The highest BCUT2D eigenvalue weighted by atomic mass is 16.4. The molecule has 0 fully saturated rings. The molecule has 0 saturated heterocycles. The average Bonchev–Trinajstić information content (AvgIpc) is 2.33. The normalized spacial score (nSPS) is 12.3. The van der Waals surface area contributed by atoms with Crippen molar-refractivity contribution in [3.05, 3.63) is 41.5 Å². The maximum absolute atomic E-state index is 11.3. The summed E-state index contributed by atoms with van der Waals surface area (Å²) in [5.41, 5.74) is 1.96. The van der Waals surface area contributed by atoms with Crippen molar-refractivity contribution in [3.8, 4) is 0 Å². The van der Waals surface area contributed by atoms with Gasteiger partial charge in [-0.15, -0.1) is 0 Å². The highest BCUT2D eigenvalue weighted by Gasteiger charge is 2.12. The zero-order valence-corrected chi connectivity index (χ0v) is 9.96. The van der Waals surface area contributed by atoms with Gasteiger partial charge in [-0.2, -0.15) is 0 Å². The summed E-state index contributed by atoms with van der Waals surface area (Å²) in [5.74, 6) is -1.81. The minimum Gasteiger partial charge on any atom is -0.479 e. The molecule has 0 heterocycles. The Hall–Kier alpha value is -2.14. The fourth-order valence-corrected chi connectivity index (χ4v) is 1.29. The van der Waals surface area contributed by atoms with Crippen LogP contribution in [0.3, 0.4) is 0 Å². The number of nitrogens with one attached hydrogen (secondary N) is 1. The molecule has 1 atom stereocenters. The van der Waals surface area contributed by atoms with Gasteiger partial charge in [0, 0.05) is 6.08 Å². The number of carboxylic acids is 1. The van der Waals surface area contributed by atoms with Gasteiger partial charge in [0.05, 0.1) is 6.54 Å². The number of aliphatic carboxylic acids is 1. The Bertz CT molecular complexity index is 468. The molecular formula is C13H15NO4. The molecule has 96 valence electrons. The third-order valence-electron chi connectivity index (χ3n) is 2.22. The van der Waals surface area contributed by atoms with Crippen molar-refractivity contribution in [2.45, 2.75) is 13.0 Å². The number of hydrogen-bond donors (Lipinski definition) is 3. The molecule has 5 heteroatoms. The first-order valence-corrected chi connectivity index (χ1v) is 5.42. The van der Waals surface area contributed by atoms with Crippen molar-refractivity contribution in [2.75, 3.05) is 6.54 Å². The Balaban J connectivity index is 2.47. The number of hydrogen-bond acceptors (Lipinski definition) is 3. The summed E-state index contributed by atoms with van der Waals surface area (Å²) in [7, 11) is 0. The number of aliphatic hydroxyl groups excluding tert-OH is 1. The molecule has 0 aliphatic heterocycles. The van der Waals surface area contributed by atoms with Crippen LogP contribution in [0.5, 0.6) is 0 Å². The molecule has 0 unspecified atom stereocenters. The smallest absolute Gasteiger partial charge is 0.334 e. The summed E-state index contributed by atoms with van der Waals surface area (Å²) in [5, 5.41) is 19.7. The third-order valence-corrected chi connectivity index (χ3v) is 2.22. The largest absolute Gasteiger partial charge is 0.479 e. The summed E-state index contributed by atoms with van der Waals surface area (Å²) >= 11 is 0. The second-order valence-electron chi connectivity index (χ2n) is 3.85. The molecule has 1 aromatic rings. The predicted molar refractivity (Wildman–Crippen MR) is 66.9 cm³/mol. The molecule has 0 bridgehead atoms. The number of carbonyl (C=O) groups is 2. The van der Waals surface area contributed by atoms with E-state index < -0.39 is 18.0 Å². The molecule has 0 spiro atoms. The highest BCUT2D eigenvalue weighted by molar-refractivity contribution is 5.92. The van der Waals surface area contributed by atoms with E-state index in [1.165, 1.54) is 6.08 Å². The minimum atomic E-state index is -1.58. The Morgan fingerprint density at radius 1 is 1.44 bits per heavy atom. The number of carboxylic acid groups (broad SMARTS) is 1. The second-order valence-corrected chi connectivity index (χ2v) is 3.85. The van der Waals surface area contributed by atoms with Gasteiger partial charge in [-0.05, 0) is 18.6 Å². The summed E-state index contributed by atoms with van der Waals surface area (Å²) in [6.07, 6.45) is 1.33. The predicted octanol–water partition coefficient (Wildman–Crippen LogP) is 0.570. The summed E-state index contributed by atoms with van der Waals surface area (Å²) in [4.78, 5) is 21.6. The maximum Gasteiger partial charge on any atom is 0.334 e. The van der Waals surface area contributed by atoms with Crippen molar-refractivity contribution in [2.24, 2.45) is 0 Å². The Labute approximate surface area is 105 Å². The molecule has 0 saturated carbocycles. The fourth-order valence-electron chi connectivity index (χ4n) is 1.29. The highest BCUT2D eigenvalue weighted by Crippen LogP contribution is 2.05. The number of amides is 1. The number of benzene rings is 1. The van der Waals surface area contributed by atoms with Crippen molar-refractivity contribution in [1.82, 2.24) is 5.32 Å². The lowest BCUT2D eigenvalue weighted by Gasteiger charge is -2.05. The van der Waals surface area contributed by atoms with Crippen LogP contribution in [0.1, 0.15) is 11.1 Å². The van der Waals surface area contributed by atoms with Crippen LogP contribution in [0, 0.1) is 6.92 Å². The first-order valence-electron chi connectivity index (χ1n) is 5.42. The molecule has 0 radical (unpaired) electrons. The van der Waals surface area contributed by atoms with E-state index in [2.05, 4.69) is 5.32 Å². The average molecular weight is 249 g/mol. The van der Waals surface area contributed by atoms with Gasteiger partial charge in [0.1, 0.15) is 0 Å². The lowest BCUT2D eigenvalue weighted by atomic mass is 10.1. The van der Waals surface area contributed by atoms with Crippen molar-refractivity contribution in [3.63, 3.8) is 0 Å². The van der Waals surface area contributed by atoms with Gasteiger partial charge in [-0.1, -0.05) is 29.8 Å². The van der Waals surface area contributed by atoms with Crippen LogP contribution in [0.4, 0.5) is 0 Å². The first-order chi connectivity index (χ1) is 8.49. The molecule has 5 nitrogen and oxygen atoms in total. The SMILES string of the molecule is Cc1cccc(/C=C/C(=O)NC[C@H](O)C(=O)O)c1. The van der Waals surface area contributed by atoms with E-state index in [1.54, 1.807) is 6.08 Å². The van der Waals surface area contributed by atoms with Crippen LogP contribution in [0.2, 0.25) is 0 Å². The number of rotatable bonds is 5. The van der Waals surface area contributed by atoms with Crippen molar-refractivity contribution in [1.29, 1.82) is 0 Å². The molecule has 18 heavy (non-hydrogen) atoms. The van der Waals surface area contributed by atoms with E-state index in [0.717, 1.165) is 11.1 Å². The van der Waals surface area contributed by atoms with Crippen LogP contribution < -0.4 is 5.32 Å². The van der Waals surface area contributed by atoms with E-state index in [-0.39, 0.29) is 6.54 Å². The lowest BCUT2D eigenvalue weighted by Crippen LogP contribution is -2.35. The van der Waals surface area contributed by atoms with Crippen LogP contribution >= 0.6 is 0 Å². The van der Waals surface area contributed by atoms with Crippen LogP contribution in [0.15, 0.2) is 30.3 Å². The van der Waals surface area contributed by atoms with Gasteiger partial charge in [0.2, 0.25) is 5.91 Å². The summed E-state index contributed by atoms with van der Waals surface area (Å²) in [6, 6.07) is 7.58. The van der Waals surface area contributed by atoms with Gasteiger partial charge >= 0.3 is 5.97 Å². The van der Waals surface area contributed by atoms with E-state index >= 15 is 0 Å². The molecule has 0 aliphatic carbocycles. The van der Waals surface area contributed by atoms with E-state index in [1.807, 2.05) is 31.2 Å². The number of aliphatic hydroxyl groups is 1. The molecule has 3 N–H and O–H groups in total.